The van der Waals surface area contributed by atoms with E-state index in [1.165, 1.54) is 16.7 Å². The number of aliphatic hydroxyl groups excluding tert-OH is 1. The molecule has 0 bridgehead atoms. The smallest absolute Gasteiger partial charge is 0.220 e. The highest BCUT2D eigenvalue weighted by molar-refractivity contribution is 8.00. The number of thioether (sulfide) groups is 1. The van der Waals surface area contributed by atoms with Gasteiger partial charge in [0.1, 0.15) is 0 Å². The maximum absolute atomic E-state index is 12.6. The SMILES string of the molecule is O=C(CCSC(c1ccccc1)(c1ccccc1)c1ccccc1)NCCOCCOCCOCCO. The first-order chi connectivity index (χ1) is 18.3. The summed E-state index contributed by atoms with van der Waals surface area (Å²) in [6.45, 7) is 3.08. The molecule has 0 aliphatic rings. The first kappa shape index (κ1) is 28.9. The van der Waals surface area contributed by atoms with Crippen molar-refractivity contribution in [2.24, 2.45) is 0 Å². The molecule has 198 valence electrons. The fourth-order valence-electron chi connectivity index (χ4n) is 4.02. The van der Waals surface area contributed by atoms with Gasteiger partial charge in [0, 0.05) is 18.7 Å². The van der Waals surface area contributed by atoms with Crippen molar-refractivity contribution in [1.82, 2.24) is 5.32 Å². The van der Waals surface area contributed by atoms with Gasteiger partial charge in [0.25, 0.3) is 0 Å². The summed E-state index contributed by atoms with van der Waals surface area (Å²) in [5.74, 6) is 0.675. The van der Waals surface area contributed by atoms with E-state index in [1.807, 2.05) is 18.2 Å². The molecule has 37 heavy (non-hydrogen) atoms. The summed E-state index contributed by atoms with van der Waals surface area (Å²) in [6.07, 6.45) is 0.413. The maximum atomic E-state index is 12.6. The zero-order valence-electron chi connectivity index (χ0n) is 21.2. The van der Waals surface area contributed by atoms with Gasteiger partial charge in [-0.05, 0) is 16.7 Å². The van der Waals surface area contributed by atoms with Crippen LogP contribution in [0.1, 0.15) is 23.1 Å². The molecule has 3 rings (SSSR count). The Hall–Kier alpha value is -2.68. The van der Waals surface area contributed by atoms with Crippen molar-refractivity contribution in [2.45, 2.75) is 11.2 Å². The largest absolute Gasteiger partial charge is 0.394 e. The second kappa shape index (κ2) is 16.9. The number of ether oxygens (including phenoxy) is 3. The summed E-state index contributed by atoms with van der Waals surface area (Å²) in [5.41, 5.74) is 3.56. The van der Waals surface area contributed by atoms with Crippen molar-refractivity contribution in [2.75, 3.05) is 58.5 Å². The van der Waals surface area contributed by atoms with Crippen molar-refractivity contribution in [3.05, 3.63) is 108 Å². The molecule has 0 saturated heterocycles. The second-order valence-corrected chi connectivity index (χ2v) is 9.60. The predicted molar refractivity (Wildman–Crippen MR) is 149 cm³/mol. The molecule has 0 saturated carbocycles. The summed E-state index contributed by atoms with van der Waals surface area (Å²) < 4.78 is 15.6. The molecule has 0 aliphatic heterocycles. The van der Waals surface area contributed by atoms with Crippen LogP contribution >= 0.6 is 11.8 Å². The van der Waals surface area contributed by atoms with Crippen LogP contribution in [0, 0.1) is 0 Å². The van der Waals surface area contributed by atoms with E-state index in [2.05, 4.69) is 78.1 Å². The lowest BCUT2D eigenvalue weighted by Gasteiger charge is -2.35. The fourth-order valence-corrected chi connectivity index (χ4v) is 5.52. The molecule has 1 amide bonds. The standard InChI is InChI=1S/C30H37NO5S/c32-18-20-35-22-24-36-23-21-34-19-17-31-29(33)16-25-37-30(26-10-4-1-5-11-26,27-12-6-2-7-13-27)28-14-8-3-9-15-28/h1-15,32H,16-25H2,(H,31,33). The first-order valence-electron chi connectivity index (χ1n) is 12.7. The van der Waals surface area contributed by atoms with Crippen LogP contribution < -0.4 is 5.32 Å². The van der Waals surface area contributed by atoms with Crippen LogP contribution in [0.4, 0.5) is 0 Å². The van der Waals surface area contributed by atoms with Crippen molar-refractivity contribution in [1.29, 1.82) is 0 Å². The van der Waals surface area contributed by atoms with E-state index in [0.717, 1.165) is 0 Å². The van der Waals surface area contributed by atoms with Gasteiger partial charge in [-0.25, -0.2) is 0 Å². The molecule has 7 heteroatoms. The topological polar surface area (TPSA) is 77.0 Å². The number of nitrogens with one attached hydrogen (secondary N) is 1. The summed E-state index contributed by atoms with van der Waals surface area (Å²) >= 11 is 1.78. The second-order valence-electron chi connectivity index (χ2n) is 8.29. The van der Waals surface area contributed by atoms with Gasteiger partial charge in [0.05, 0.1) is 51.0 Å². The van der Waals surface area contributed by atoms with E-state index in [0.29, 0.717) is 58.4 Å². The van der Waals surface area contributed by atoms with Crippen molar-refractivity contribution in [3.63, 3.8) is 0 Å². The molecule has 3 aromatic carbocycles. The first-order valence-corrected chi connectivity index (χ1v) is 13.7. The highest BCUT2D eigenvalue weighted by atomic mass is 32.2. The van der Waals surface area contributed by atoms with Crippen LogP contribution in [0.15, 0.2) is 91.0 Å². The van der Waals surface area contributed by atoms with Crippen LogP contribution in [0.25, 0.3) is 0 Å². The van der Waals surface area contributed by atoms with Crippen LogP contribution in [0.5, 0.6) is 0 Å². The third-order valence-electron chi connectivity index (χ3n) is 5.74. The average Bonchev–Trinajstić information content (AvgIpc) is 2.95. The van der Waals surface area contributed by atoms with Gasteiger partial charge in [-0.3, -0.25) is 4.79 Å². The number of benzene rings is 3. The Kier molecular flexibility index (Phi) is 13.2. The molecule has 0 heterocycles. The van der Waals surface area contributed by atoms with E-state index in [1.54, 1.807) is 11.8 Å². The number of hydrogen-bond donors (Lipinski definition) is 2. The van der Waals surface area contributed by atoms with Crippen LogP contribution in [-0.4, -0.2) is 69.6 Å². The van der Waals surface area contributed by atoms with Gasteiger partial charge in [-0.2, -0.15) is 0 Å². The highest BCUT2D eigenvalue weighted by Gasteiger charge is 2.36. The molecule has 0 unspecified atom stereocenters. The number of rotatable bonds is 18. The zero-order valence-corrected chi connectivity index (χ0v) is 22.0. The minimum absolute atomic E-state index is 0.0106. The molecule has 0 radical (unpaired) electrons. The predicted octanol–water partition coefficient (Wildman–Crippen LogP) is 4.26. The number of aliphatic hydroxyl groups is 1. The third-order valence-corrected chi connectivity index (χ3v) is 7.29. The van der Waals surface area contributed by atoms with Crippen LogP contribution in [-0.2, 0) is 23.8 Å². The highest BCUT2D eigenvalue weighted by Crippen LogP contribution is 2.48. The molecule has 0 atom stereocenters. The normalized spacial score (nSPS) is 11.4. The lowest BCUT2D eigenvalue weighted by molar-refractivity contribution is -0.120. The van der Waals surface area contributed by atoms with Crippen LogP contribution in [0.3, 0.4) is 0 Å². The van der Waals surface area contributed by atoms with Gasteiger partial charge in [-0.1, -0.05) is 91.0 Å². The third kappa shape index (κ3) is 9.29. The van der Waals surface area contributed by atoms with Gasteiger partial charge < -0.3 is 24.6 Å². The summed E-state index contributed by atoms with van der Waals surface area (Å²) in [6, 6.07) is 31.5. The molecular formula is C30H37NO5S. The number of amides is 1. The lowest BCUT2D eigenvalue weighted by atomic mass is 9.84. The van der Waals surface area contributed by atoms with E-state index in [-0.39, 0.29) is 12.5 Å². The van der Waals surface area contributed by atoms with Crippen molar-refractivity contribution < 1.29 is 24.1 Å². The van der Waals surface area contributed by atoms with Gasteiger partial charge in [0.15, 0.2) is 0 Å². The van der Waals surface area contributed by atoms with E-state index in [4.69, 9.17) is 19.3 Å². The fraction of sp³-hybridized carbons (Fsp3) is 0.367. The Labute approximate surface area is 224 Å². The molecule has 0 fully saturated rings. The quantitative estimate of drug-likeness (QED) is 0.192. The van der Waals surface area contributed by atoms with Crippen molar-refractivity contribution in [3.8, 4) is 0 Å². The monoisotopic (exact) mass is 523 g/mol. The Bertz CT molecular complexity index is 908. The summed E-state index contributed by atoms with van der Waals surface area (Å²) in [4.78, 5) is 12.6. The number of carbonyl (C=O) groups is 1. The Morgan fingerprint density at radius 2 is 1.11 bits per heavy atom. The Balaban J connectivity index is 1.50. The molecule has 0 spiro atoms. The molecule has 3 aromatic rings. The molecule has 2 N–H and O–H groups in total. The summed E-state index contributed by atoms with van der Waals surface area (Å²) in [5, 5.41) is 11.6. The van der Waals surface area contributed by atoms with Crippen LogP contribution in [0.2, 0.25) is 0 Å². The minimum Gasteiger partial charge on any atom is -0.394 e. The molecule has 0 aromatic heterocycles. The molecular weight excluding hydrogens is 486 g/mol. The van der Waals surface area contributed by atoms with E-state index < -0.39 is 4.75 Å². The average molecular weight is 524 g/mol. The Morgan fingerprint density at radius 1 is 0.676 bits per heavy atom. The van der Waals surface area contributed by atoms with Crippen molar-refractivity contribution >= 4 is 17.7 Å². The number of hydrogen-bond acceptors (Lipinski definition) is 6. The van der Waals surface area contributed by atoms with Gasteiger partial charge in [-0.15, -0.1) is 11.8 Å². The zero-order chi connectivity index (χ0) is 26.0. The lowest BCUT2D eigenvalue weighted by Crippen LogP contribution is -2.30. The minimum atomic E-state index is -0.420. The van der Waals surface area contributed by atoms with Gasteiger partial charge >= 0.3 is 0 Å². The van der Waals surface area contributed by atoms with E-state index >= 15 is 0 Å². The van der Waals surface area contributed by atoms with Gasteiger partial charge in [0.2, 0.25) is 5.91 Å². The molecule has 6 nitrogen and oxygen atoms in total. The molecule has 0 aliphatic carbocycles. The van der Waals surface area contributed by atoms with E-state index in [9.17, 15) is 4.79 Å². The Morgan fingerprint density at radius 3 is 1.57 bits per heavy atom. The number of carbonyl (C=O) groups excluding carboxylic acids is 1. The maximum Gasteiger partial charge on any atom is 0.220 e. The summed E-state index contributed by atoms with van der Waals surface area (Å²) in [7, 11) is 0.